The van der Waals surface area contributed by atoms with Crippen molar-refractivity contribution in [2.24, 2.45) is 0 Å². The molecule has 27 heavy (non-hydrogen) atoms. The third-order valence-corrected chi connectivity index (χ3v) is 5.65. The van der Waals surface area contributed by atoms with Crippen LogP contribution in [-0.2, 0) is 4.74 Å². The van der Waals surface area contributed by atoms with E-state index in [9.17, 15) is 13.9 Å². The van der Waals surface area contributed by atoms with Gasteiger partial charge in [-0.2, -0.15) is 0 Å². The molecule has 0 aliphatic heterocycles. The van der Waals surface area contributed by atoms with E-state index in [-0.39, 0.29) is 23.8 Å². The molecule has 0 amide bonds. The lowest BCUT2D eigenvalue weighted by Gasteiger charge is -2.36. The van der Waals surface area contributed by atoms with Crippen molar-refractivity contribution in [2.75, 3.05) is 6.61 Å². The molecule has 5 heteroatoms. The Hall–Kier alpha value is -1.98. The van der Waals surface area contributed by atoms with E-state index in [2.05, 4.69) is 6.92 Å². The smallest absolute Gasteiger partial charge is 0.123 e. The Morgan fingerprint density at radius 2 is 1.67 bits per heavy atom. The van der Waals surface area contributed by atoms with Gasteiger partial charge in [0.1, 0.15) is 17.7 Å². The molecule has 4 rings (SSSR count). The van der Waals surface area contributed by atoms with Crippen LogP contribution < -0.4 is 0 Å². The number of aromatic nitrogens is 1. The van der Waals surface area contributed by atoms with Gasteiger partial charge in [-0.15, -0.1) is 0 Å². The van der Waals surface area contributed by atoms with Crippen molar-refractivity contribution >= 4 is 21.8 Å². The minimum atomic E-state index is -0.649. The fourth-order valence-corrected chi connectivity index (χ4v) is 4.32. The summed E-state index contributed by atoms with van der Waals surface area (Å²) in [6, 6.07) is 8.97. The normalized spacial score (nSPS) is 23.3. The van der Waals surface area contributed by atoms with Crippen LogP contribution in [-0.4, -0.2) is 28.5 Å². The quantitative estimate of drug-likeness (QED) is 0.612. The number of rotatable bonds is 5. The number of unbranched alkanes of at least 4 members (excludes halogenated alkanes) is 1. The summed E-state index contributed by atoms with van der Waals surface area (Å²) in [4.78, 5) is 0. The molecule has 1 N–H and O–H groups in total. The van der Waals surface area contributed by atoms with E-state index < -0.39 is 6.10 Å². The van der Waals surface area contributed by atoms with Crippen LogP contribution in [0.25, 0.3) is 21.8 Å². The van der Waals surface area contributed by atoms with Gasteiger partial charge in [-0.3, -0.25) is 0 Å². The first-order chi connectivity index (χ1) is 13.1. The van der Waals surface area contributed by atoms with Crippen LogP contribution in [0.3, 0.4) is 0 Å². The summed E-state index contributed by atoms with van der Waals surface area (Å²) >= 11 is 0. The Kier molecular flexibility index (Phi) is 5.15. The first kappa shape index (κ1) is 18.4. The maximum Gasteiger partial charge on any atom is 0.123 e. The fourth-order valence-electron chi connectivity index (χ4n) is 4.32. The zero-order valence-electron chi connectivity index (χ0n) is 15.5. The van der Waals surface area contributed by atoms with Crippen LogP contribution in [0.15, 0.2) is 36.4 Å². The van der Waals surface area contributed by atoms with Crippen LogP contribution >= 0.6 is 0 Å². The average molecular weight is 373 g/mol. The van der Waals surface area contributed by atoms with Gasteiger partial charge in [0.05, 0.1) is 12.1 Å². The molecule has 1 aliphatic carbocycles. The van der Waals surface area contributed by atoms with Crippen molar-refractivity contribution in [1.82, 2.24) is 4.57 Å². The molecular weight excluding hydrogens is 348 g/mol. The molecule has 3 aromatic rings. The first-order valence-electron chi connectivity index (χ1n) is 9.78. The number of fused-ring (bicyclic) bond motifs is 3. The Labute approximate surface area is 157 Å². The van der Waals surface area contributed by atoms with Crippen molar-refractivity contribution in [3.63, 3.8) is 0 Å². The minimum Gasteiger partial charge on any atom is -0.388 e. The zero-order chi connectivity index (χ0) is 19.0. The second-order valence-electron chi connectivity index (χ2n) is 7.44. The molecule has 0 bridgehead atoms. The van der Waals surface area contributed by atoms with Crippen LogP contribution in [0.4, 0.5) is 8.78 Å². The molecule has 0 radical (unpaired) electrons. The highest BCUT2D eigenvalue weighted by Crippen LogP contribution is 2.39. The summed E-state index contributed by atoms with van der Waals surface area (Å²) in [5, 5.41) is 12.4. The maximum atomic E-state index is 13.9. The van der Waals surface area contributed by atoms with Gasteiger partial charge >= 0.3 is 0 Å². The lowest BCUT2D eigenvalue weighted by Crippen LogP contribution is -2.40. The largest absolute Gasteiger partial charge is 0.388 e. The number of benzene rings is 2. The number of aliphatic hydroxyl groups is 1. The van der Waals surface area contributed by atoms with E-state index in [1.165, 1.54) is 24.3 Å². The predicted molar refractivity (Wildman–Crippen MR) is 103 cm³/mol. The summed E-state index contributed by atoms with van der Waals surface area (Å²) in [6.45, 7) is 2.76. The molecule has 2 aromatic carbocycles. The minimum absolute atomic E-state index is 0.179. The van der Waals surface area contributed by atoms with E-state index in [4.69, 9.17) is 4.74 Å². The Morgan fingerprint density at radius 3 is 2.26 bits per heavy atom. The van der Waals surface area contributed by atoms with Gasteiger partial charge < -0.3 is 14.4 Å². The Balaban J connectivity index is 1.79. The van der Waals surface area contributed by atoms with Crippen LogP contribution in [0.1, 0.15) is 45.1 Å². The van der Waals surface area contributed by atoms with Gasteiger partial charge in [0.2, 0.25) is 0 Å². The van der Waals surface area contributed by atoms with Gasteiger partial charge in [-0.05, 0) is 62.1 Å². The molecule has 3 atom stereocenters. The number of ether oxygens (including phenoxy) is 1. The van der Waals surface area contributed by atoms with E-state index in [1.807, 2.05) is 4.57 Å². The maximum absolute atomic E-state index is 13.9. The van der Waals surface area contributed by atoms with Gasteiger partial charge in [-0.25, -0.2) is 8.78 Å². The number of hydrogen-bond acceptors (Lipinski definition) is 2. The van der Waals surface area contributed by atoms with Gasteiger partial charge in [0.25, 0.3) is 0 Å². The molecule has 1 aromatic heterocycles. The molecule has 144 valence electrons. The highest BCUT2D eigenvalue weighted by Gasteiger charge is 2.35. The first-order valence-corrected chi connectivity index (χ1v) is 9.78. The molecular formula is C22H25F2NO2. The van der Waals surface area contributed by atoms with Crippen molar-refractivity contribution in [3.8, 4) is 0 Å². The standard InChI is InChI=1S/C22H25F2NO2/c1-2-3-11-27-21-6-4-5-20(22(21)26)25-18-9-7-14(23)12-16(18)17-13-15(24)8-10-19(17)25/h7-10,12-13,20-22,26H,2-6,11H2,1H3/t20-,21-,22+/m1/s1. The zero-order valence-corrected chi connectivity index (χ0v) is 15.5. The molecule has 1 heterocycles. The Morgan fingerprint density at radius 1 is 1.04 bits per heavy atom. The number of hydrogen-bond donors (Lipinski definition) is 1. The van der Waals surface area contributed by atoms with Crippen molar-refractivity contribution in [1.29, 1.82) is 0 Å². The van der Waals surface area contributed by atoms with Gasteiger partial charge in [-0.1, -0.05) is 13.3 Å². The monoisotopic (exact) mass is 373 g/mol. The van der Waals surface area contributed by atoms with E-state index in [1.54, 1.807) is 12.1 Å². The summed E-state index contributed by atoms with van der Waals surface area (Å²) in [5.41, 5.74) is 1.63. The SMILES string of the molecule is CCCCO[C@@H]1CCC[C@@H](n2c3ccc(F)cc3c3cc(F)ccc32)[C@@H]1O. The third-order valence-electron chi connectivity index (χ3n) is 5.65. The summed E-state index contributed by atoms with van der Waals surface area (Å²) in [7, 11) is 0. The van der Waals surface area contributed by atoms with Crippen molar-refractivity contribution in [2.45, 2.75) is 57.3 Å². The molecule has 1 fully saturated rings. The topological polar surface area (TPSA) is 34.4 Å². The van der Waals surface area contributed by atoms with E-state index in [0.717, 1.165) is 43.1 Å². The lowest BCUT2D eigenvalue weighted by atomic mass is 9.89. The third kappa shape index (κ3) is 3.34. The van der Waals surface area contributed by atoms with Crippen molar-refractivity contribution in [3.05, 3.63) is 48.0 Å². The highest BCUT2D eigenvalue weighted by atomic mass is 19.1. The van der Waals surface area contributed by atoms with Gasteiger partial charge in [0, 0.05) is 28.4 Å². The van der Waals surface area contributed by atoms with Crippen LogP contribution in [0.5, 0.6) is 0 Å². The molecule has 0 unspecified atom stereocenters. The second-order valence-corrected chi connectivity index (χ2v) is 7.44. The molecule has 1 aliphatic rings. The number of nitrogens with zero attached hydrogens (tertiary/aromatic N) is 1. The molecule has 1 saturated carbocycles. The van der Waals surface area contributed by atoms with Crippen LogP contribution in [0.2, 0.25) is 0 Å². The highest BCUT2D eigenvalue weighted by molar-refractivity contribution is 6.08. The molecule has 0 saturated heterocycles. The average Bonchev–Trinajstić information content (AvgIpc) is 2.96. The number of aliphatic hydroxyl groups excluding tert-OH is 1. The number of halogens is 2. The van der Waals surface area contributed by atoms with Gasteiger partial charge in [0.15, 0.2) is 0 Å². The summed E-state index contributed by atoms with van der Waals surface area (Å²) in [5.74, 6) is -0.702. The summed E-state index contributed by atoms with van der Waals surface area (Å²) < 4.78 is 35.7. The van der Waals surface area contributed by atoms with E-state index >= 15 is 0 Å². The van der Waals surface area contributed by atoms with Crippen LogP contribution in [0, 0.1) is 11.6 Å². The molecule has 0 spiro atoms. The Bertz CT molecular complexity index is 893. The molecule has 3 nitrogen and oxygen atoms in total. The van der Waals surface area contributed by atoms with E-state index in [0.29, 0.717) is 17.4 Å². The van der Waals surface area contributed by atoms with Crippen molar-refractivity contribution < 1.29 is 18.6 Å². The fraction of sp³-hybridized carbons (Fsp3) is 0.455. The lowest BCUT2D eigenvalue weighted by molar-refractivity contribution is -0.0796. The summed E-state index contributed by atoms with van der Waals surface area (Å²) in [6.07, 6.45) is 3.76. The predicted octanol–water partition coefficient (Wildman–Crippen LogP) is 5.34. The second kappa shape index (κ2) is 7.56.